The van der Waals surface area contributed by atoms with Crippen LogP contribution in [-0.2, 0) is 16.6 Å². The number of urea groups is 1. The van der Waals surface area contributed by atoms with Gasteiger partial charge in [0.25, 0.3) is 5.91 Å². The van der Waals surface area contributed by atoms with Gasteiger partial charge >= 0.3 is 6.03 Å². The van der Waals surface area contributed by atoms with Crippen molar-refractivity contribution in [2.45, 2.75) is 39.0 Å². The molecule has 0 spiro atoms. The first-order valence-electron chi connectivity index (χ1n) is 12.5. The van der Waals surface area contributed by atoms with Crippen LogP contribution in [0.1, 0.15) is 47.3 Å². The zero-order chi connectivity index (χ0) is 25.7. The summed E-state index contributed by atoms with van der Waals surface area (Å²) in [6, 6.07) is 13.8. The van der Waals surface area contributed by atoms with Crippen LogP contribution in [0.4, 0.5) is 16.2 Å². The molecule has 3 N–H and O–H groups in total. The number of aryl methyl sites for hydroxylation is 1. The van der Waals surface area contributed by atoms with Gasteiger partial charge in [0, 0.05) is 30.4 Å². The van der Waals surface area contributed by atoms with Crippen LogP contribution in [0.25, 0.3) is 10.8 Å². The van der Waals surface area contributed by atoms with Crippen LogP contribution >= 0.6 is 11.3 Å². The lowest BCUT2D eigenvalue weighted by Crippen LogP contribution is -2.36. The highest BCUT2D eigenvalue weighted by Crippen LogP contribution is 2.36. The predicted molar refractivity (Wildman–Crippen MR) is 149 cm³/mol. The van der Waals surface area contributed by atoms with Gasteiger partial charge in [-0.15, -0.1) is 11.3 Å². The maximum atomic E-state index is 13.0. The van der Waals surface area contributed by atoms with Gasteiger partial charge in [-0.2, -0.15) is 0 Å². The molecule has 0 aliphatic carbocycles. The van der Waals surface area contributed by atoms with E-state index in [9.17, 15) is 9.59 Å². The number of carbonyl (C=O) groups is 2. The monoisotopic (exact) mass is 508 g/mol. The van der Waals surface area contributed by atoms with Gasteiger partial charge in [-0.25, -0.2) is 4.79 Å². The van der Waals surface area contributed by atoms with Gasteiger partial charge in [0.15, 0.2) is 0 Å². The van der Waals surface area contributed by atoms with E-state index in [-0.39, 0.29) is 17.4 Å². The Kier molecular flexibility index (Phi) is 8.28. The van der Waals surface area contributed by atoms with Gasteiger partial charge in [0.05, 0.1) is 24.6 Å². The summed E-state index contributed by atoms with van der Waals surface area (Å²) in [5.74, 6) is -0.210. The number of thiophene rings is 1. The number of carbonyl (C=O) groups excluding carboxylic acids is 2. The molecular weight excluding hydrogens is 472 g/mol. The maximum absolute atomic E-state index is 13.0. The lowest BCUT2D eigenvalue weighted by atomic mass is 9.94. The third-order valence-electron chi connectivity index (χ3n) is 6.44. The second-order valence-electron chi connectivity index (χ2n) is 10.1. The minimum atomic E-state index is -0.372. The fourth-order valence-electron chi connectivity index (χ4n) is 4.42. The second-order valence-corrected chi connectivity index (χ2v) is 11.2. The van der Waals surface area contributed by atoms with E-state index < -0.39 is 0 Å². The van der Waals surface area contributed by atoms with Crippen LogP contribution < -0.4 is 16.0 Å². The van der Waals surface area contributed by atoms with Gasteiger partial charge in [-0.05, 0) is 47.9 Å². The van der Waals surface area contributed by atoms with Crippen molar-refractivity contribution in [2.75, 3.05) is 50.5 Å². The van der Waals surface area contributed by atoms with Crippen molar-refractivity contribution < 1.29 is 14.3 Å². The Bertz CT molecular complexity index is 1230. The summed E-state index contributed by atoms with van der Waals surface area (Å²) in [5, 5.41) is 10.7. The molecule has 1 aliphatic heterocycles. The maximum Gasteiger partial charge on any atom is 0.323 e. The average molecular weight is 509 g/mol. The van der Waals surface area contributed by atoms with Crippen molar-refractivity contribution in [3.05, 3.63) is 57.8 Å². The fourth-order valence-corrected chi connectivity index (χ4v) is 5.54. The predicted octanol–water partition coefficient (Wildman–Crippen LogP) is 5.47. The molecule has 0 unspecified atom stereocenters. The van der Waals surface area contributed by atoms with Crippen molar-refractivity contribution in [1.29, 1.82) is 0 Å². The van der Waals surface area contributed by atoms with E-state index in [1.165, 1.54) is 16.9 Å². The van der Waals surface area contributed by atoms with Crippen LogP contribution in [0.2, 0.25) is 0 Å². The van der Waals surface area contributed by atoms with E-state index in [4.69, 9.17) is 4.74 Å². The zero-order valence-electron chi connectivity index (χ0n) is 21.6. The van der Waals surface area contributed by atoms with E-state index in [0.717, 1.165) is 67.0 Å². The number of rotatable bonds is 7. The molecule has 7 nitrogen and oxygen atoms in total. The smallest absolute Gasteiger partial charge is 0.323 e. The molecule has 0 bridgehead atoms. The molecule has 1 aliphatic rings. The van der Waals surface area contributed by atoms with Crippen LogP contribution in [0.5, 0.6) is 0 Å². The summed E-state index contributed by atoms with van der Waals surface area (Å²) in [4.78, 5) is 29.4. The number of morpholine rings is 1. The summed E-state index contributed by atoms with van der Waals surface area (Å²) in [6.07, 6.45) is 2.05. The normalized spacial score (nSPS) is 14.6. The second kappa shape index (κ2) is 11.4. The lowest BCUT2D eigenvalue weighted by molar-refractivity contribution is 0.0375. The van der Waals surface area contributed by atoms with Gasteiger partial charge < -0.3 is 20.7 Å². The van der Waals surface area contributed by atoms with Crippen LogP contribution in [0, 0.1) is 0 Å². The molecule has 1 aromatic heterocycles. The standard InChI is InChI=1S/C28H36N4O3S/c1-28(2,3)24-18-23(25(36-24)26(33)29-4)31-27(34)30-22-12-11-19(20-9-5-6-10-21(20)22)8-7-13-32-14-16-35-17-15-32/h5-6,9-12,18H,7-8,13-17H2,1-4H3,(H,29,33)(H2,30,31,34). The topological polar surface area (TPSA) is 82.7 Å². The number of anilines is 2. The van der Waals surface area contributed by atoms with Gasteiger partial charge in [0.1, 0.15) is 4.88 Å². The molecule has 8 heteroatoms. The Morgan fingerprint density at radius 2 is 1.69 bits per heavy atom. The number of amides is 3. The number of benzene rings is 2. The minimum absolute atomic E-state index is 0.127. The number of hydrogen-bond acceptors (Lipinski definition) is 5. The molecule has 3 amide bonds. The summed E-state index contributed by atoms with van der Waals surface area (Å²) >= 11 is 1.40. The van der Waals surface area contributed by atoms with E-state index in [2.05, 4.69) is 53.8 Å². The highest BCUT2D eigenvalue weighted by Gasteiger charge is 2.23. The van der Waals surface area contributed by atoms with Crippen molar-refractivity contribution in [2.24, 2.45) is 0 Å². The lowest BCUT2D eigenvalue weighted by Gasteiger charge is -2.26. The van der Waals surface area contributed by atoms with Crippen molar-refractivity contribution >= 4 is 45.4 Å². The van der Waals surface area contributed by atoms with E-state index in [1.807, 2.05) is 30.3 Å². The van der Waals surface area contributed by atoms with Crippen molar-refractivity contribution in [3.8, 4) is 0 Å². The van der Waals surface area contributed by atoms with Crippen molar-refractivity contribution in [1.82, 2.24) is 10.2 Å². The summed E-state index contributed by atoms with van der Waals surface area (Å²) < 4.78 is 5.44. The minimum Gasteiger partial charge on any atom is -0.379 e. The summed E-state index contributed by atoms with van der Waals surface area (Å²) in [6.45, 7) is 11.0. The molecule has 1 fully saturated rings. The molecule has 0 atom stereocenters. The van der Waals surface area contributed by atoms with E-state index in [0.29, 0.717) is 10.6 Å². The largest absolute Gasteiger partial charge is 0.379 e. The summed E-state index contributed by atoms with van der Waals surface area (Å²) in [5.41, 5.74) is 2.41. The van der Waals surface area contributed by atoms with Crippen LogP contribution in [0.15, 0.2) is 42.5 Å². The molecule has 1 saturated heterocycles. The summed E-state index contributed by atoms with van der Waals surface area (Å²) in [7, 11) is 1.59. The number of nitrogens with zero attached hydrogens (tertiary/aromatic N) is 1. The number of fused-ring (bicyclic) bond motifs is 1. The molecule has 0 saturated carbocycles. The van der Waals surface area contributed by atoms with E-state index in [1.54, 1.807) is 7.05 Å². The van der Waals surface area contributed by atoms with Crippen LogP contribution in [-0.4, -0.2) is 56.7 Å². The van der Waals surface area contributed by atoms with Gasteiger partial charge in [0.2, 0.25) is 0 Å². The quantitative estimate of drug-likeness (QED) is 0.395. The molecule has 2 heterocycles. The molecular formula is C28H36N4O3S. The Morgan fingerprint density at radius 3 is 2.39 bits per heavy atom. The fraction of sp³-hybridized carbons (Fsp3) is 0.429. The Hall–Kier alpha value is -2.94. The zero-order valence-corrected chi connectivity index (χ0v) is 22.4. The SMILES string of the molecule is CNC(=O)c1sc(C(C)(C)C)cc1NC(=O)Nc1ccc(CCCN2CCOCC2)c2ccccc12. The average Bonchev–Trinajstić information content (AvgIpc) is 3.29. The van der Waals surface area contributed by atoms with Crippen molar-refractivity contribution in [3.63, 3.8) is 0 Å². The molecule has 4 rings (SSSR count). The highest BCUT2D eigenvalue weighted by molar-refractivity contribution is 7.14. The van der Waals surface area contributed by atoms with Crippen LogP contribution in [0.3, 0.4) is 0 Å². The van der Waals surface area contributed by atoms with Gasteiger partial charge in [-0.1, -0.05) is 51.1 Å². The van der Waals surface area contributed by atoms with Gasteiger partial charge in [-0.3, -0.25) is 9.69 Å². The molecule has 36 heavy (non-hydrogen) atoms. The Labute approximate surface area is 217 Å². The first kappa shape index (κ1) is 26.1. The highest BCUT2D eigenvalue weighted by atomic mass is 32.1. The molecule has 2 aromatic carbocycles. The number of ether oxygens (including phenoxy) is 1. The Balaban J connectivity index is 1.48. The Morgan fingerprint density at radius 1 is 1.00 bits per heavy atom. The third kappa shape index (κ3) is 6.24. The third-order valence-corrected chi connectivity index (χ3v) is 8.00. The first-order chi connectivity index (χ1) is 17.3. The van der Waals surface area contributed by atoms with E-state index >= 15 is 0 Å². The first-order valence-corrected chi connectivity index (χ1v) is 13.3. The molecule has 0 radical (unpaired) electrons. The molecule has 192 valence electrons. The molecule has 3 aromatic rings. The number of hydrogen-bond donors (Lipinski definition) is 3. The number of nitrogens with one attached hydrogen (secondary N) is 3.